The van der Waals surface area contributed by atoms with Crippen molar-refractivity contribution in [2.24, 2.45) is 10.3 Å². The van der Waals surface area contributed by atoms with Crippen LogP contribution in [0.1, 0.15) is 12.0 Å². The summed E-state index contributed by atoms with van der Waals surface area (Å²) in [5.41, 5.74) is -3.12. The van der Waals surface area contributed by atoms with Gasteiger partial charge in [-0.1, -0.05) is 33.5 Å². The van der Waals surface area contributed by atoms with Crippen LogP contribution in [0.3, 0.4) is 0 Å². The topological polar surface area (TPSA) is 54.2 Å². The van der Waals surface area contributed by atoms with E-state index in [-0.39, 0.29) is 21.3 Å². The smallest absolute Gasteiger partial charge is 0.411 e. The Bertz CT molecular complexity index is 569. The molecule has 20 heavy (non-hydrogen) atoms. The van der Waals surface area contributed by atoms with Crippen molar-refractivity contribution in [2.45, 2.75) is 18.2 Å². The summed E-state index contributed by atoms with van der Waals surface area (Å²) in [6.07, 6.45) is -4.62. The van der Waals surface area contributed by atoms with Crippen molar-refractivity contribution in [3.05, 3.63) is 33.8 Å². The van der Waals surface area contributed by atoms with Crippen molar-refractivity contribution < 1.29 is 23.2 Å². The van der Waals surface area contributed by atoms with Crippen LogP contribution in [-0.4, -0.2) is 23.3 Å². The molecule has 0 radical (unpaired) electrons. The molecule has 9 heteroatoms. The zero-order chi connectivity index (χ0) is 15.0. The van der Waals surface area contributed by atoms with Crippen LogP contribution in [0.15, 0.2) is 28.5 Å². The summed E-state index contributed by atoms with van der Waals surface area (Å²) in [5, 5.41) is 14.4. The first-order valence-electron chi connectivity index (χ1n) is 5.24. The molecule has 0 aromatic heterocycles. The summed E-state index contributed by atoms with van der Waals surface area (Å²) in [7, 11) is 0. The molecule has 0 saturated carbocycles. The lowest BCUT2D eigenvalue weighted by atomic mass is 9.88. The van der Waals surface area contributed by atoms with Crippen LogP contribution in [0.5, 0.6) is 0 Å². The van der Waals surface area contributed by atoms with Gasteiger partial charge in [0, 0.05) is 15.6 Å². The predicted octanol–water partition coefficient (Wildman–Crippen LogP) is 3.99. The van der Waals surface area contributed by atoms with Crippen LogP contribution in [0, 0.1) is 0 Å². The molecular weight excluding hydrogens is 320 g/mol. The highest BCUT2D eigenvalue weighted by molar-refractivity contribution is 6.34. The number of hydrogen-bond acceptors (Lipinski definition) is 4. The fourth-order valence-electron chi connectivity index (χ4n) is 1.85. The lowest BCUT2D eigenvalue weighted by molar-refractivity contribution is -0.275. The Balaban J connectivity index is 2.51. The van der Waals surface area contributed by atoms with E-state index in [1.54, 1.807) is 0 Å². The molecule has 1 atom stereocenters. The maximum atomic E-state index is 13.4. The van der Waals surface area contributed by atoms with Gasteiger partial charge in [-0.15, -0.1) is 0 Å². The molecule has 0 bridgehead atoms. The number of rotatable bonds is 2. The van der Waals surface area contributed by atoms with Crippen molar-refractivity contribution in [3.63, 3.8) is 0 Å². The van der Waals surface area contributed by atoms with E-state index in [2.05, 4.69) is 15.1 Å². The molecule has 1 aromatic rings. The Labute approximate surface area is 121 Å². The first-order chi connectivity index (χ1) is 9.28. The van der Waals surface area contributed by atoms with Gasteiger partial charge in [0.05, 0.1) is 12.6 Å². The first-order valence-corrected chi connectivity index (χ1v) is 6.00. The number of hydrogen-bond donors (Lipinski definition) is 1. The fourth-order valence-corrected chi connectivity index (χ4v) is 2.38. The minimum absolute atomic E-state index is 0.0454. The highest BCUT2D eigenvalue weighted by Crippen LogP contribution is 2.48. The number of nitrogens with zero attached hydrogens (tertiary/aromatic N) is 2. The standard InChI is InChI=1S/C11H7Cl2F3N2O2/c12-7-1-6(2-8(13)3-7)10(11(14,15)16)4-9(5-17-19)18-20-10/h1-3,5,19H,4H2/b17-5+. The largest absolute Gasteiger partial charge is 0.435 e. The molecule has 0 aliphatic carbocycles. The summed E-state index contributed by atoms with van der Waals surface area (Å²) < 4.78 is 40.2. The maximum Gasteiger partial charge on any atom is 0.435 e. The summed E-state index contributed by atoms with van der Waals surface area (Å²) in [4.78, 5) is 4.61. The zero-order valence-corrected chi connectivity index (χ0v) is 11.2. The third-order valence-electron chi connectivity index (χ3n) is 2.74. The number of benzene rings is 1. The number of halogens is 5. The van der Waals surface area contributed by atoms with Crippen LogP contribution in [-0.2, 0) is 10.4 Å². The van der Waals surface area contributed by atoms with E-state index < -0.39 is 18.2 Å². The van der Waals surface area contributed by atoms with Crippen molar-refractivity contribution in [1.82, 2.24) is 0 Å². The molecule has 1 aliphatic rings. The zero-order valence-electron chi connectivity index (χ0n) is 9.66. The highest BCUT2D eigenvalue weighted by Gasteiger charge is 2.62. The second-order valence-electron chi connectivity index (χ2n) is 4.08. The van der Waals surface area contributed by atoms with E-state index in [4.69, 9.17) is 28.4 Å². The molecule has 1 N–H and O–H groups in total. The van der Waals surface area contributed by atoms with Crippen LogP contribution >= 0.6 is 23.2 Å². The summed E-state index contributed by atoms with van der Waals surface area (Å²) in [6.45, 7) is 0. The number of oxime groups is 2. The summed E-state index contributed by atoms with van der Waals surface area (Å²) in [6, 6.07) is 3.52. The van der Waals surface area contributed by atoms with Crippen LogP contribution in [0.25, 0.3) is 0 Å². The molecule has 2 rings (SSSR count). The van der Waals surface area contributed by atoms with Gasteiger partial charge >= 0.3 is 6.18 Å². The molecule has 1 unspecified atom stereocenters. The molecular formula is C11H7Cl2F3N2O2. The monoisotopic (exact) mass is 326 g/mol. The lowest BCUT2D eigenvalue weighted by Crippen LogP contribution is -2.42. The van der Waals surface area contributed by atoms with Gasteiger partial charge in [0.1, 0.15) is 5.71 Å². The third kappa shape index (κ3) is 2.55. The maximum absolute atomic E-state index is 13.4. The van der Waals surface area contributed by atoms with E-state index >= 15 is 0 Å². The van der Waals surface area contributed by atoms with E-state index in [1.165, 1.54) is 6.07 Å². The van der Waals surface area contributed by atoms with Gasteiger partial charge in [-0.25, -0.2) is 0 Å². The Morgan fingerprint density at radius 2 is 1.90 bits per heavy atom. The average molecular weight is 327 g/mol. The van der Waals surface area contributed by atoms with Gasteiger partial charge in [-0.05, 0) is 18.2 Å². The van der Waals surface area contributed by atoms with Gasteiger partial charge in [0.15, 0.2) is 0 Å². The normalized spacial score (nSPS) is 22.9. The van der Waals surface area contributed by atoms with Crippen molar-refractivity contribution >= 4 is 35.1 Å². The van der Waals surface area contributed by atoms with Gasteiger partial charge in [0.2, 0.25) is 0 Å². The van der Waals surface area contributed by atoms with Gasteiger partial charge in [-0.3, -0.25) is 0 Å². The highest BCUT2D eigenvalue weighted by atomic mass is 35.5. The molecule has 0 saturated heterocycles. The fraction of sp³-hybridized carbons (Fsp3) is 0.273. The molecule has 4 nitrogen and oxygen atoms in total. The molecule has 0 spiro atoms. The first kappa shape index (κ1) is 14.9. The Morgan fingerprint density at radius 3 is 2.40 bits per heavy atom. The molecule has 0 fully saturated rings. The van der Waals surface area contributed by atoms with E-state index in [0.29, 0.717) is 0 Å². The Morgan fingerprint density at radius 1 is 1.30 bits per heavy atom. The predicted molar refractivity (Wildman–Crippen MR) is 67.6 cm³/mol. The lowest BCUT2D eigenvalue weighted by Gasteiger charge is -2.29. The quantitative estimate of drug-likeness (QED) is 0.507. The van der Waals surface area contributed by atoms with E-state index in [9.17, 15) is 13.2 Å². The van der Waals surface area contributed by atoms with Crippen LogP contribution in [0.4, 0.5) is 13.2 Å². The summed E-state index contributed by atoms with van der Waals surface area (Å²) >= 11 is 11.5. The van der Waals surface area contributed by atoms with Gasteiger partial charge < -0.3 is 10.0 Å². The van der Waals surface area contributed by atoms with Gasteiger partial charge in [-0.2, -0.15) is 13.2 Å². The van der Waals surface area contributed by atoms with Crippen LogP contribution < -0.4 is 0 Å². The van der Waals surface area contributed by atoms with Crippen molar-refractivity contribution in [2.75, 3.05) is 0 Å². The number of alkyl halides is 3. The van der Waals surface area contributed by atoms with Gasteiger partial charge in [0.25, 0.3) is 5.60 Å². The Hall–Kier alpha value is -1.47. The minimum atomic E-state index is -4.75. The average Bonchev–Trinajstić information content (AvgIpc) is 2.73. The minimum Gasteiger partial charge on any atom is -0.411 e. The molecule has 0 amide bonds. The molecule has 1 heterocycles. The van der Waals surface area contributed by atoms with Crippen LogP contribution in [0.2, 0.25) is 10.0 Å². The van der Waals surface area contributed by atoms with E-state index in [1.807, 2.05) is 0 Å². The van der Waals surface area contributed by atoms with Crippen molar-refractivity contribution in [3.8, 4) is 0 Å². The Kier molecular flexibility index (Phi) is 3.84. The molecule has 108 valence electrons. The molecule has 1 aliphatic heterocycles. The molecule has 1 aromatic carbocycles. The van der Waals surface area contributed by atoms with Crippen molar-refractivity contribution in [1.29, 1.82) is 0 Å². The third-order valence-corrected chi connectivity index (χ3v) is 3.18. The summed E-state index contributed by atoms with van der Waals surface area (Å²) in [5.74, 6) is 0. The second-order valence-corrected chi connectivity index (χ2v) is 4.95. The van der Waals surface area contributed by atoms with E-state index in [0.717, 1.165) is 18.3 Å². The second kappa shape index (κ2) is 5.14. The SMILES string of the molecule is O/N=C/C1=NOC(c2cc(Cl)cc(Cl)c2)(C(F)(F)F)C1.